The van der Waals surface area contributed by atoms with Crippen molar-refractivity contribution in [1.82, 2.24) is 20.1 Å². The Balaban J connectivity index is 0.000000648. The molecule has 0 aliphatic heterocycles. The summed E-state index contributed by atoms with van der Waals surface area (Å²) in [5, 5.41) is 19.7. The van der Waals surface area contributed by atoms with Crippen LogP contribution in [-0.4, -0.2) is 39.0 Å². The van der Waals surface area contributed by atoms with Gasteiger partial charge in [0.05, 0.1) is 10.9 Å². The number of rotatable bonds is 4. The summed E-state index contributed by atoms with van der Waals surface area (Å²) in [7, 11) is 3.14. The minimum Gasteiger partial charge on any atom is -0.465 e. The summed E-state index contributed by atoms with van der Waals surface area (Å²) in [4.78, 5) is 26.5. The number of fused-ring (bicyclic) bond motifs is 1. The molecule has 2 aromatic heterocycles. The number of benzene rings is 2. The number of nitrogens with zero attached hydrogens (tertiary/aromatic N) is 3. The summed E-state index contributed by atoms with van der Waals surface area (Å²) in [5.41, 5.74) is 9.19. The van der Waals surface area contributed by atoms with Gasteiger partial charge < -0.3 is 26.8 Å². The molecule has 0 atom stereocenters. The molecule has 2 aromatic carbocycles. The van der Waals surface area contributed by atoms with Crippen molar-refractivity contribution in [2.75, 3.05) is 23.4 Å². The summed E-state index contributed by atoms with van der Waals surface area (Å²) in [6, 6.07) is 13.0. The van der Waals surface area contributed by atoms with E-state index in [9.17, 15) is 22.8 Å². The molecule has 39 heavy (non-hydrogen) atoms. The smallest absolute Gasteiger partial charge is 0.416 e. The van der Waals surface area contributed by atoms with Gasteiger partial charge in [0.2, 0.25) is 0 Å². The third-order valence-electron chi connectivity index (χ3n) is 5.93. The Morgan fingerprint density at radius 2 is 1.67 bits per heavy atom. The third-order valence-corrected chi connectivity index (χ3v) is 5.93. The fourth-order valence-corrected chi connectivity index (χ4v) is 3.94. The molecular formula is C26H26F3N7O3. The number of nitrogens with one attached hydrogen (secondary N) is 3. The Bertz CT molecular complexity index is 1530. The molecule has 4 aromatic rings. The molecule has 0 radical (unpaired) electrons. The molecule has 204 valence electrons. The van der Waals surface area contributed by atoms with Crippen molar-refractivity contribution < 1.29 is 27.9 Å². The van der Waals surface area contributed by atoms with Crippen LogP contribution in [0.2, 0.25) is 0 Å². The van der Waals surface area contributed by atoms with E-state index >= 15 is 0 Å². The van der Waals surface area contributed by atoms with E-state index in [2.05, 4.69) is 15.7 Å². The minimum atomic E-state index is -4.49. The fourth-order valence-electron chi connectivity index (χ4n) is 3.94. The van der Waals surface area contributed by atoms with E-state index in [0.29, 0.717) is 23.1 Å². The summed E-state index contributed by atoms with van der Waals surface area (Å²) < 4.78 is 40.5. The lowest BCUT2D eigenvalue weighted by molar-refractivity contribution is -0.137. The zero-order valence-electron chi connectivity index (χ0n) is 21.0. The molecule has 0 saturated heterocycles. The molecule has 13 heteroatoms. The number of halogens is 3. The number of nitrogens with two attached hydrogens (primary N) is 1. The normalized spacial score (nSPS) is 12.8. The van der Waals surface area contributed by atoms with Gasteiger partial charge in [-0.25, -0.2) is 19.3 Å². The topological polar surface area (TPSA) is 147 Å². The number of nitrogen functional groups attached to an aromatic ring is 1. The molecule has 6 N–H and O–H groups in total. The number of pyridine rings is 1. The molecule has 1 saturated carbocycles. The Kier molecular flexibility index (Phi) is 7.61. The molecule has 3 amide bonds. The van der Waals surface area contributed by atoms with E-state index in [4.69, 9.17) is 15.8 Å². The van der Waals surface area contributed by atoms with Gasteiger partial charge in [-0.2, -0.15) is 18.3 Å². The lowest BCUT2D eigenvalue weighted by Gasteiger charge is -2.12. The molecule has 5 rings (SSSR count). The second-order valence-corrected chi connectivity index (χ2v) is 8.87. The lowest BCUT2D eigenvalue weighted by Crippen LogP contribution is -2.19. The van der Waals surface area contributed by atoms with Crippen molar-refractivity contribution in [1.29, 1.82) is 0 Å². The molecule has 0 unspecified atom stereocenters. The molecule has 1 aliphatic rings. The largest absolute Gasteiger partial charge is 0.465 e. The first kappa shape index (κ1) is 27.2. The highest BCUT2D eigenvalue weighted by Gasteiger charge is 2.30. The monoisotopic (exact) mass is 541 g/mol. The van der Waals surface area contributed by atoms with Crippen LogP contribution in [0.5, 0.6) is 0 Å². The SMILES string of the molecule is CNC(=O)O.Cn1nc(N)c2c(-c3cccc(NC(=O)Nc4cccc(C(F)(F)F)c4)c3)cc(C3CC3)nc21. The number of carbonyl (C=O) groups excluding carboxylic acids is 1. The Morgan fingerprint density at radius 1 is 1.05 bits per heavy atom. The van der Waals surface area contributed by atoms with Crippen molar-refractivity contribution in [2.45, 2.75) is 24.9 Å². The fraction of sp³-hybridized carbons (Fsp3) is 0.231. The number of carboxylic acid groups (broad SMARTS) is 1. The highest BCUT2D eigenvalue weighted by Crippen LogP contribution is 2.43. The number of aromatic nitrogens is 3. The van der Waals surface area contributed by atoms with Crippen LogP contribution in [0.25, 0.3) is 22.2 Å². The van der Waals surface area contributed by atoms with Crippen LogP contribution in [0.1, 0.15) is 30.0 Å². The molecule has 10 nitrogen and oxygen atoms in total. The van der Waals surface area contributed by atoms with Gasteiger partial charge in [-0.3, -0.25) is 0 Å². The van der Waals surface area contributed by atoms with E-state index in [1.54, 1.807) is 29.9 Å². The van der Waals surface area contributed by atoms with Crippen LogP contribution in [0, 0.1) is 0 Å². The highest BCUT2D eigenvalue weighted by atomic mass is 19.4. The van der Waals surface area contributed by atoms with E-state index in [0.717, 1.165) is 47.2 Å². The highest BCUT2D eigenvalue weighted by molar-refractivity contribution is 6.03. The Morgan fingerprint density at radius 3 is 2.26 bits per heavy atom. The Hall–Kier alpha value is -4.81. The van der Waals surface area contributed by atoms with Crippen LogP contribution in [0.4, 0.5) is 40.0 Å². The van der Waals surface area contributed by atoms with E-state index in [1.165, 1.54) is 19.2 Å². The standard InChI is InChI=1S/C24H21F3N6O.C2H5NO2/c1-33-22-20(21(28)32-33)18(12-19(31-22)13-8-9-13)14-4-2-6-16(10-14)29-23(34)30-17-7-3-5-15(11-17)24(25,26)27;1-3-2(4)5/h2-7,10-13H,8-9H2,1H3,(H2,28,32)(H2,29,30,34);3H,1H3,(H,4,5). The first-order valence-corrected chi connectivity index (χ1v) is 11.9. The molecule has 1 aliphatic carbocycles. The predicted octanol–water partition coefficient (Wildman–Crippen LogP) is 5.64. The van der Waals surface area contributed by atoms with Gasteiger partial charge in [0, 0.05) is 37.1 Å². The van der Waals surface area contributed by atoms with Gasteiger partial charge in [0.25, 0.3) is 0 Å². The van der Waals surface area contributed by atoms with Gasteiger partial charge >= 0.3 is 18.3 Å². The van der Waals surface area contributed by atoms with Crippen LogP contribution in [0.15, 0.2) is 54.6 Å². The van der Waals surface area contributed by atoms with Crippen molar-refractivity contribution in [3.63, 3.8) is 0 Å². The average molecular weight is 542 g/mol. The van der Waals surface area contributed by atoms with Gasteiger partial charge in [0.15, 0.2) is 11.5 Å². The molecular weight excluding hydrogens is 515 g/mol. The number of anilines is 3. The van der Waals surface area contributed by atoms with Crippen molar-refractivity contribution >= 4 is 40.4 Å². The minimum absolute atomic E-state index is 0.0385. The maximum atomic E-state index is 12.9. The molecule has 1 fully saturated rings. The zero-order valence-corrected chi connectivity index (χ0v) is 21.0. The number of amides is 3. The first-order chi connectivity index (χ1) is 18.5. The quantitative estimate of drug-likeness (QED) is 0.226. The number of hydrogen-bond donors (Lipinski definition) is 5. The second kappa shape index (κ2) is 10.9. The maximum Gasteiger partial charge on any atom is 0.416 e. The summed E-state index contributed by atoms with van der Waals surface area (Å²) in [5.74, 6) is 0.779. The number of aryl methyl sites for hydroxylation is 1. The van der Waals surface area contributed by atoms with Crippen LogP contribution < -0.4 is 21.7 Å². The predicted molar refractivity (Wildman–Crippen MR) is 142 cm³/mol. The molecule has 0 bridgehead atoms. The number of alkyl halides is 3. The van der Waals surface area contributed by atoms with Gasteiger partial charge in [-0.05, 0) is 60.4 Å². The first-order valence-electron chi connectivity index (χ1n) is 11.9. The van der Waals surface area contributed by atoms with Gasteiger partial charge in [-0.15, -0.1) is 0 Å². The van der Waals surface area contributed by atoms with Gasteiger partial charge in [0.1, 0.15) is 0 Å². The number of urea groups is 1. The number of carbonyl (C=O) groups is 2. The molecule has 2 heterocycles. The van der Waals surface area contributed by atoms with Crippen molar-refractivity contribution in [3.05, 3.63) is 65.9 Å². The Labute approximate surface area is 221 Å². The lowest BCUT2D eigenvalue weighted by atomic mass is 10.0. The maximum absolute atomic E-state index is 12.9. The van der Waals surface area contributed by atoms with Crippen LogP contribution >= 0.6 is 0 Å². The van der Waals surface area contributed by atoms with Crippen molar-refractivity contribution in [3.8, 4) is 11.1 Å². The average Bonchev–Trinajstić information content (AvgIpc) is 3.69. The van der Waals surface area contributed by atoms with Crippen LogP contribution in [-0.2, 0) is 13.2 Å². The number of hydrogen-bond acceptors (Lipinski definition) is 5. The summed E-state index contributed by atoms with van der Waals surface area (Å²) in [6.45, 7) is 0. The van der Waals surface area contributed by atoms with Crippen molar-refractivity contribution in [2.24, 2.45) is 7.05 Å². The second-order valence-electron chi connectivity index (χ2n) is 8.87. The van der Waals surface area contributed by atoms with E-state index in [-0.39, 0.29) is 5.69 Å². The van der Waals surface area contributed by atoms with Crippen LogP contribution in [0.3, 0.4) is 0 Å². The zero-order chi connectivity index (χ0) is 28.3. The summed E-state index contributed by atoms with van der Waals surface area (Å²) in [6.07, 6.45) is -3.32. The third kappa shape index (κ3) is 6.55. The molecule has 0 spiro atoms. The summed E-state index contributed by atoms with van der Waals surface area (Å²) >= 11 is 0. The van der Waals surface area contributed by atoms with Gasteiger partial charge in [-0.1, -0.05) is 18.2 Å². The van der Waals surface area contributed by atoms with E-state index < -0.39 is 23.9 Å². The van der Waals surface area contributed by atoms with E-state index in [1.807, 2.05) is 17.4 Å².